The van der Waals surface area contributed by atoms with Crippen LogP contribution >= 0.6 is 0 Å². The van der Waals surface area contributed by atoms with E-state index in [1.165, 1.54) is 0 Å². The van der Waals surface area contributed by atoms with Crippen LogP contribution in [0.15, 0.2) is 36.3 Å². The Morgan fingerprint density at radius 3 is 2.68 bits per heavy atom. The van der Waals surface area contributed by atoms with Gasteiger partial charge < -0.3 is 15.2 Å². The highest BCUT2D eigenvalue weighted by atomic mass is 16.5. The molecule has 5 heteroatoms. The summed E-state index contributed by atoms with van der Waals surface area (Å²) in [6.07, 6.45) is 5.08. The van der Waals surface area contributed by atoms with Crippen molar-refractivity contribution >= 4 is 5.57 Å². The Kier molecular flexibility index (Phi) is 5.21. The predicted octanol–water partition coefficient (Wildman–Crippen LogP) is 2.59. The van der Waals surface area contributed by atoms with Crippen molar-refractivity contribution in [2.75, 3.05) is 20.2 Å². The molecule has 1 fully saturated rings. The largest absolute Gasteiger partial charge is 0.496 e. The van der Waals surface area contributed by atoms with Crippen molar-refractivity contribution in [2.45, 2.75) is 32.9 Å². The topological polar surface area (TPSA) is 59.3 Å². The van der Waals surface area contributed by atoms with Crippen LogP contribution in [0.5, 0.6) is 0 Å². The van der Waals surface area contributed by atoms with Crippen molar-refractivity contribution < 1.29 is 9.84 Å². The first-order chi connectivity index (χ1) is 10.5. The molecule has 2 N–H and O–H groups in total. The monoisotopic (exact) mass is 303 g/mol. The highest BCUT2D eigenvalue weighted by Gasteiger charge is 2.25. The quantitative estimate of drug-likeness (QED) is 0.626. The fraction of sp³-hybridized carbons (Fsp3) is 0.471. The average Bonchev–Trinajstić information content (AvgIpc) is 2.86. The molecule has 1 aliphatic heterocycles. The van der Waals surface area contributed by atoms with Gasteiger partial charge in [-0.1, -0.05) is 18.7 Å². The van der Waals surface area contributed by atoms with Gasteiger partial charge in [0.1, 0.15) is 5.76 Å². The molecule has 0 spiro atoms. The van der Waals surface area contributed by atoms with E-state index in [-0.39, 0.29) is 0 Å². The fourth-order valence-corrected chi connectivity index (χ4v) is 2.51. The van der Waals surface area contributed by atoms with Gasteiger partial charge in [-0.25, -0.2) is 0 Å². The number of ether oxygens (including phenoxy) is 1. The summed E-state index contributed by atoms with van der Waals surface area (Å²) in [5.74, 6) is 0.755. The van der Waals surface area contributed by atoms with Crippen LogP contribution in [0.4, 0.5) is 0 Å². The molecule has 1 atom stereocenters. The zero-order valence-corrected chi connectivity index (χ0v) is 13.8. The van der Waals surface area contributed by atoms with Gasteiger partial charge in [0.25, 0.3) is 0 Å². The summed E-state index contributed by atoms with van der Waals surface area (Å²) in [6, 6.07) is 0.339. The van der Waals surface area contributed by atoms with Crippen LogP contribution < -0.4 is 5.32 Å². The van der Waals surface area contributed by atoms with Crippen LogP contribution in [0.2, 0.25) is 0 Å². The Hall–Kier alpha value is -1.85. The zero-order valence-electron chi connectivity index (χ0n) is 13.8. The Balaban J connectivity index is 2.58. The van der Waals surface area contributed by atoms with E-state index in [9.17, 15) is 5.11 Å². The summed E-state index contributed by atoms with van der Waals surface area (Å²) in [5.41, 5.74) is 3.40. The van der Waals surface area contributed by atoms with E-state index in [2.05, 4.69) is 17.0 Å². The van der Waals surface area contributed by atoms with Crippen molar-refractivity contribution in [3.63, 3.8) is 0 Å². The van der Waals surface area contributed by atoms with Gasteiger partial charge >= 0.3 is 0 Å². The second-order valence-electron chi connectivity index (χ2n) is 5.52. The van der Waals surface area contributed by atoms with Gasteiger partial charge in [0.15, 0.2) is 0 Å². The average molecular weight is 303 g/mol. The maximum Gasteiger partial charge on any atom is 0.129 e. The summed E-state index contributed by atoms with van der Waals surface area (Å²) in [6.45, 7) is 11.4. The predicted molar refractivity (Wildman–Crippen MR) is 88.3 cm³/mol. The molecule has 0 aliphatic carbocycles. The Morgan fingerprint density at radius 2 is 2.27 bits per heavy atom. The Morgan fingerprint density at radius 1 is 1.59 bits per heavy atom. The third-order valence-corrected chi connectivity index (χ3v) is 4.02. The fourth-order valence-electron chi connectivity index (χ4n) is 2.51. The van der Waals surface area contributed by atoms with Gasteiger partial charge in [-0.3, -0.25) is 4.68 Å². The zero-order chi connectivity index (χ0) is 16.3. The van der Waals surface area contributed by atoms with E-state index in [4.69, 9.17) is 4.74 Å². The number of nitrogens with one attached hydrogen (secondary N) is 1. The second-order valence-corrected chi connectivity index (χ2v) is 5.52. The third-order valence-electron chi connectivity index (χ3n) is 4.02. The molecule has 1 unspecified atom stereocenters. The lowest BCUT2D eigenvalue weighted by atomic mass is 10.00. The third kappa shape index (κ3) is 3.00. The Bertz CT molecular complexity index is 607. The molecular formula is C17H25N3O2. The lowest BCUT2D eigenvalue weighted by Crippen LogP contribution is -2.43. The number of nitrogens with zero attached hydrogens (tertiary/aromatic N) is 2. The van der Waals surface area contributed by atoms with Crippen LogP contribution in [0.1, 0.15) is 44.2 Å². The minimum atomic E-state index is -0.650. The van der Waals surface area contributed by atoms with Crippen LogP contribution in [-0.2, 0) is 4.74 Å². The molecule has 1 aliphatic rings. The molecular weight excluding hydrogens is 278 g/mol. The molecule has 0 radical (unpaired) electrons. The molecule has 2 heterocycles. The van der Waals surface area contributed by atoms with Gasteiger partial charge in [-0.05, 0) is 26.3 Å². The maximum absolute atomic E-state index is 10.1. The first-order valence-electron chi connectivity index (χ1n) is 7.55. The Labute approximate surface area is 132 Å². The van der Waals surface area contributed by atoms with Crippen LogP contribution in [0.3, 0.4) is 0 Å². The summed E-state index contributed by atoms with van der Waals surface area (Å²) in [5, 5.41) is 17.9. The number of aliphatic hydroxyl groups excluding tert-OH is 1. The van der Waals surface area contributed by atoms with Gasteiger partial charge in [-0.15, -0.1) is 0 Å². The molecule has 1 aromatic heterocycles. The van der Waals surface area contributed by atoms with Crippen molar-refractivity contribution in [1.82, 2.24) is 15.1 Å². The van der Waals surface area contributed by atoms with Gasteiger partial charge in [0, 0.05) is 30.4 Å². The van der Waals surface area contributed by atoms with E-state index in [0.717, 1.165) is 35.6 Å². The minimum absolute atomic E-state index is 0.339. The van der Waals surface area contributed by atoms with E-state index in [1.807, 2.05) is 30.8 Å². The van der Waals surface area contributed by atoms with Crippen LogP contribution in [0.25, 0.3) is 5.57 Å². The molecule has 0 bridgehead atoms. The summed E-state index contributed by atoms with van der Waals surface area (Å²) >= 11 is 0. The molecule has 22 heavy (non-hydrogen) atoms. The molecule has 120 valence electrons. The second kappa shape index (κ2) is 6.94. The highest BCUT2D eigenvalue weighted by Crippen LogP contribution is 2.31. The SMILES string of the molecule is C=C/C(=C(OC)\C(C)=C/C)c1cn(C2CNC2)nc1C(C)O. The van der Waals surface area contributed by atoms with E-state index in [1.54, 1.807) is 20.1 Å². The molecule has 2 rings (SSSR count). The minimum Gasteiger partial charge on any atom is -0.496 e. The smallest absolute Gasteiger partial charge is 0.129 e. The molecule has 1 aromatic rings. The summed E-state index contributed by atoms with van der Waals surface area (Å²) in [7, 11) is 1.65. The first kappa shape index (κ1) is 16.5. The standard InChI is InChI=1S/C17H25N3O2/c1-6-11(3)17(22-5)14(7-2)15-10-20(13-8-18-9-13)19-16(15)12(4)21/h6-7,10,12-13,18,21H,2,8-9H2,1,3-5H3/b11-6-,17-14-. The van der Waals surface area contributed by atoms with Crippen molar-refractivity contribution in [2.24, 2.45) is 0 Å². The number of methoxy groups -OCH3 is 1. The molecule has 0 saturated carbocycles. The number of allylic oxidation sites excluding steroid dienone is 4. The van der Waals surface area contributed by atoms with E-state index >= 15 is 0 Å². The van der Waals surface area contributed by atoms with Gasteiger partial charge in [0.05, 0.1) is 24.9 Å². The lowest BCUT2D eigenvalue weighted by Gasteiger charge is -2.27. The lowest BCUT2D eigenvalue weighted by molar-refractivity contribution is 0.191. The van der Waals surface area contributed by atoms with E-state index in [0.29, 0.717) is 11.7 Å². The van der Waals surface area contributed by atoms with E-state index < -0.39 is 6.10 Å². The summed E-state index contributed by atoms with van der Waals surface area (Å²) in [4.78, 5) is 0. The van der Waals surface area contributed by atoms with Crippen LogP contribution in [0, 0.1) is 0 Å². The normalized spacial score (nSPS) is 18.5. The van der Waals surface area contributed by atoms with Crippen molar-refractivity contribution in [1.29, 1.82) is 0 Å². The number of rotatable bonds is 6. The number of aromatic nitrogens is 2. The molecule has 1 saturated heterocycles. The molecule has 5 nitrogen and oxygen atoms in total. The molecule has 0 aromatic carbocycles. The maximum atomic E-state index is 10.1. The highest BCUT2D eigenvalue weighted by molar-refractivity contribution is 5.79. The summed E-state index contributed by atoms with van der Waals surface area (Å²) < 4.78 is 7.49. The number of hydrogen-bond donors (Lipinski definition) is 2. The molecule has 0 amide bonds. The number of aliphatic hydroxyl groups is 1. The number of hydrogen-bond acceptors (Lipinski definition) is 4. The van der Waals surface area contributed by atoms with Gasteiger partial charge in [-0.2, -0.15) is 5.10 Å². The van der Waals surface area contributed by atoms with Crippen molar-refractivity contribution in [3.05, 3.63) is 47.5 Å². The first-order valence-corrected chi connectivity index (χ1v) is 7.55. The van der Waals surface area contributed by atoms with Crippen molar-refractivity contribution in [3.8, 4) is 0 Å². The van der Waals surface area contributed by atoms with Gasteiger partial charge in [0.2, 0.25) is 0 Å². The van der Waals surface area contributed by atoms with Crippen LogP contribution in [-0.4, -0.2) is 35.1 Å².